The lowest BCUT2D eigenvalue weighted by atomic mass is 10.1. The van der Waals surface area contributed by atoms with E-state index in [4.69, 9.17) is 16.6 Å². The fraction of sp³-hybridized carbons (Fsp3) is 0.0417. The maximum absolute atomic E-state index is 13.7. The number of aromatic hydroxyl groups is 1. The van der Waals surface area contributed by atoms with Crippen molar-refractivity contribution >= 4 is 33.3 Å². The van der Waals surface area contributed by atoms with Crippen molar-refractivity contribution in [2.24, 2.45) is 0 Å². The second-order valence-electron chi connectivity index (χ2n) is 7.07. The van der Waals surface area contributed by atoms with Crippen molar-refractivity contribution in [3.63, 3.8) is 0 Å². The van der Waals surface area contributed by atoms with Gasteiger partial charge in [0.05, 0.1) is 10.7 Å². The number of fused-ring (bicyclic) bond motifs is 1. The molecule has 152 valence electrons. The smallest absolute Gasteiger partial charge is 0.278 e. The molecule has 0 aliphatic carbocycles. The van der Waals surface area contributed by atoms with Gasteiger partial charge in [-0.3, -0.25) is 9.36 Å². The molecule has 5 nitrogen and oxygen atoms in total. The molecule has 1 N–H and O–H groups in total. The molecule has 0 radical (unpaired) electrons. The molecule has 0 amide bonds. The first-order valence-corrected chi connectivity index (χ1v) is 10.8. The standard InChI is InChI=1S/C24H16ClN3O2S/c1-14-6-5-9-18(25)19(14)28-22(15-7-3-2-4-8-15)26-21-20(24(28)30)31-23(27-21)16-10-12-17(29)13-11-16/h2-13,29H,1H3. The molecule has 7 heteroatoms. The number of hydrogen-bond acceptors (Lipinski definition) is 5. The SMILES string of the molecule is Cc1cccc(Cl)c1-n1c(-c2ccccc2)nc2nc(-c3ccc(O)cc3)sc2c1=O. The molecule has 0 aliphatic heterocycles. The van der Waals surface area contributed by atoms with Crippen LogP contribution in [0.5, 0.6) is 5.75 Å². The normalized spacial score (nSPS) is 11.2. The minimum Gasteiger partial charge on any atom is -0.508 e. The molecular weight excluding hydrogens is 430 g/mol. The van der Waals surface area contributed by atoms with Gasteiger partial charge in [0.25, 0.3) is 5.56 Å². The summed E-state index contributed by atoms with van der Waals surface area (Å²) in [5.74, 6) is 0.655. The number of para-hydroxylation sites is 1. The van der Waals surface area contributed by atoms with Gasteiger partial charge in [0.1, 0.15) is 21.3 Å². The summed E-state index contributed by atoms with van der Waals surface area (Å²) < 4.78 is 2.02. The van der Waals surface area contributed by atoms with Crippen molar-refractivity contribution in [3.8, 4) is 33.4 Å². The van der Waals surface area contributed by atoms with Gasteiger partial charge in [0.2, 0.25) is 0 Å². The summed E-state index contributed by atoms with van der Waals surface area (Å²) in [6.07, 6.45) is 0. The van der Waals surface area contributed by atoms with Crippen molar-refractivity contribution in [3.05, 3.63) is 93.7 Å². The van der Waals surface area contributed by atoms with Crippen LogP contribution in [0.1, 0.15) is 5.56 Å². The molecule has 0 atom stereocenters. The molecule has 5 aromatic rings. The van der Waals surface area contributed by atoms with Gasteiger partial charge in [-0.15, -0.1) is 11.3 Å². The fourth-order valence-corrected chi connectivity index (χ4v) is 4.74. The predicted molar refractivity (Wildman–Crippen MR) is 125 cm³/mol. The minimum atomic E-state index is -0.220. The molecular formula is C24H16ClN3O2S. The Morgan fingerprint density at radius 1 is 0.903 bits per heavy atom. The monoisotopic (exact) mass is 445 g/mol. The van der Waals surface area contributed by atoms with Crippen LogP contribution in [-0.2, 0) is 0 Å². The summed E-state index contributed by atoms with van der Waals surface area (Å²) in [6.45, 7) is 1.92. The van der Waals surface area contributed by atoms with Crippen molar-refractivity contribution in [2.75, 3.05) is 0 Å². The number of aromatic nitrogens is 3. The van der Waals surface area contributed by atoms with Crippen molar-refractivity contribution in [1.29, 1.82) is 0 Å². The number of phenolic OH excluding ortho intramolecular Hbond substituents is 1. The van der Waals surface area contributed by atoms with Gasteiger partial charge in [0, 0.05) is 11.1 Å². The first kappa shape index (κ1) is 19.5. The summed E-state index contributed by atoms with van der Waals surface area (Å²) in [5, 5.41) is 10.7. The molecule has 0 unspecified atom stereocenters. The lowest BCUT2D eigenvalue weighted by molar-refractivity contribution is 0.475. The first-order valence-electron chi connectivity index (χ1n) is 9.57. The van der Waals surface area contributed by atoms with Crippen LogP contribution in [0, 0.1) is 6.92 Å². The Bertz CT molecular complexity index is 1460. The van der Waals surface area contributed by atoms with Crippen LogP contribution in [0.4, 0.5) is 0 Å². The molecule has 31 heavy (non-hydrogen) atoms. The second-order valence-corrected chi connectivity index (χ2v) is 8.47. The highest BCUT2D eigenvalue weighted by atomic mass is 35.5. The number of rotatable bonds is 3. The second kappa shape index (κ2) is 7.65. The molecule has 2 aromatic heterocycles. The molecule has 0 bridgehead atoms. The zero-order valence-electron chi connectivity index (χ0n) is 16.4. The Balaban J connectivity index is 1.85. The predicted octanol–water partition coefficient (Wildman–Crippen LogP) is 5.84. The van der Waals surface area contributed by atoms with E-state index in [0.717, 1.165) is 16.7 Å². The van der Waals surface area contributed by atoms with Gasteiger partial charge >= 0.3 is 0 Å². The van der Waals surface area contributed by atoms with E-state index in [2.05, 4.69) is 4.98 Å². The molecule has 3 aromatic carbocycles. The number of halogens is 1. The Labute approximate surface area is 186 Å². The third-order valence-electron chi connectivity index (χ3n) is 4.99. The van der Waals surface area contributed by atoms with E-state index in [1.807, 2.05) is 49.4 Å². The minimum absolute atomic E-state index is 0.172. The van der Waals surface area contributed by atoms with E-state index in [1.54, 1.807) is 34.9 Å². The van der Waals surface area contributed by atoms with E-state index >= 15 is 0 Å². The van der Waals surface area contributed by atoms with Gasteiger partial charge in [-0.25, -0.2) is 9.97 Å². The Morgan fingerprint density at radius 3 is 2.35 bits per heavy atom. The largest absolute Gasteiger partial charge is 0.508 e. The summed E-state index contributed by atoms with van der Waals surface area (Å²) >= 11 is 7.81. The number of phenols is 1. The van der Waals surface area contributed by atoms with Crippen LogP contribution in [0.3, 0.4) is 0 Å². The van der Waals surface area contributed by atoms with Crippen LogP contribution in [0.25, 0.3) is 38.0 Å². The van der Waals surface area contributed by atoms with E-state index in [0.29, 0.717) is 31.9 Å². The number of aryl methyl sites for hydroxylation is 1. The van der Waals surface area contributed by atoms with Gasteiger partial charge in [-0.2, -0.15) is 0 Å². The summed E-state index contributed by atoms with van der Waals surface area (Å²) in [7, 11) is 0. The molecule has 2 heterocycles. The highest BCUT2D eigenvalue weighted by molar-refractivity contribution is 7.21. The quantitative estimate of drug-likeness (QED) is 0.378. The topological polar surface area (TPSA) is 68.0 Å². The number of hydrogen-bond donors (Lipinski definition) is 1. The zero-order chi connectivity index (χ0) is 21.5. The zero-order valence-corrected chi connectivity index (χ0v) is 18.0. The molecule has 0 aliphatic rings. The average molecular weight is 446 g/mol. The van der Waals surface area contributed by atoms with E-state index in [9.17, 15) is 9.90 Å². The van der Waals surface area contributed by atoms with E-state index < -0.39 is 0 Å². The summed E-state index contributed by atoms with van der Waals surface area (Å²) in [5.41, 5.74) is 3.25. The van der Waals surface area contributed by atoms with Gasteiger partial charge in [-0.05, 0) is 42.8 Å². The van der Waals surface area contributed by atoms with Crippen LogP contribution in [0.2, 0.25) is 5.02 Å². The van der Waals surface area contributed by atoms with E-state index in [-0.39, 0.29) is 11.3 Å². The molecule has 0 fully saturated rings. The van der Waals surface area contributed by atoms with Crippen LogP contribution < -0.4 is 5.56 Å². The van der Waals surface area contributed by atoms with Gasteiger partial charge < -0.3 is 5.11 Å². The Morgan fingerprint density at radius 2 is 1.65 bits per heavy atom. The summed E-state index contributed by atoms with van der Waals surface area (Å²) in [4.78, 5) is 23.1. The first-order chi connectivity index (χ1) is 15.0. The maximum atomic E-state index is 13.7. The lowest BCUT2D eigenvalue weighted by Crippen LogP contribution is -2.22. The third-order valence-corrected chi connectivity index (χ3v) is 6.38. The molecule has 5 rings (SSSR count). The van der Waals surface area contributed by atoms with Crippen LogP contribution in [-0.4, -0.2) is 19.6 Å². The molecule has 0 saturated carbocycles. The van der Waals surface area contributed by atoms with Crippen molar-refractivity contribution in [1.82, 2.24) is 14.5 Å². The third kappa shape index (κ3) is 3.40. The molecule has 0 saturated heterocycles. The van der Waals surface area contributed by atoms with E-state index in [1.165, 1.54) is 11.3 Å². The van der Waals surface area contributed by atoms with Crippen molar-refractivity contribution in [2.45, 2.75) is 6.92 Å². The number of benzene rings is 3. The van der Waals surface area contributed by atoms with Crippen molar-refractivity contribution < 1.29 is 5.11 Å². The highest BCUT2D eigenvalue weighted by Crippen LogP contribution is 2.32. The van der Waals surface area contributed by atoms with Gasteiger partial charge in [-0.1, -0.05) is 54.1 Å². The Kier molecular flexibility index (Phi) is 4.81. The molecule has 0 spiro atoms. The lowest BCUT2D eigenvalue weighted by Gasteiger charge is -2.15. The number of nitrogens with zero attached hydrogens (tertiary/aromatic N) is 3. The average Bonchev–Trinajstić information content (AvgIpc) is 3.20. The fourth-order valence-electron chi connectivity index (χ4n) is 3.50. The Hall–Kier alpha value is -3.48. The summed E-state index contributed by atoms with van der Waals surface area (Å²) in [6, 6.07) is 21.8. The van der Waals surface area contributed by atoms with Crippen LogP contribution in [0.15, 0.2) is 77.6 Å². The van der Waals surface area contributed by atoms with Crippen LogP contribution >= 0.6 is 22.9 Å². The van der Waals surface area contributed by atoms with Gasteiger partial charge in [0.15, 0.2) is 5.65 Å². The maximum Gasteiger partial charge on any atom is 0.278 e. The number of thiazole rings is 1. The highest BCUT2D eigenvalue weighted by Gasteiger charge is 2.21.